The molecule has 0 aliphatic heterocycles. The molecule has 0 fully saturated rings. The standard InChI is InChI=1S/C15H13FN2OS/c16-13-4-3-12(2-1-6-17)14(8-13)15(19)18-9-11-5-7-20-10-11/h3-5,7-8,10H,6,9,17H2,(H,18,19). The quantitative estimate of drug-likeness (QED) is 0.850. The van der Waals surface area contributed by atoms with Gasteiger partial charge in [-0.2, -0.15) is 11.3 Å². The van der Waals surface area contributed by atoms with Crippen LogP contribution in [0.2, 0.25) is 0 Å². The Labute approximate surface area is 120 Å². The van der Waals surface area contributed by atoms with E-state index in [1.54, 1.807) is 11.3 Å². The number of amides is 1. The number of nitrogens with one attached hydrogen (secondary N) is 1. The molecule has 5 heteroatoms. The Balaban J connectivity index is 2.17. The van der Waals surface area contributed by atoms with E-state index in [4.69, 9.17) is 5.73 Å². The molecule has 0 radical (unpaired) electrons. The summed E-state index contributed by atoms with van der Waals surface area (Å²) in [6.45, 7) is 0.593. The molecular formula is C15H13FN2OS. The van der Waals surface area contributed by atoms with Gasteiger partial charge in [-0.25, -0.2) is 4.39 Å². The number of halogens is 1. The van der Waals surface area contributed by atoms with Crippen LogP contribution in [0.1, 0.15) is 21.5 Å². The lowest BCUT2D eigenvalue weighted by Crippen LogP contribution is -2.23. The van der Waals surface area contributed by atoms with Crippen LogP contribution in [0.4, 0.5) is 4.39 Å². The van der Waals surface area contributed by atoms with Crippen molar-refractivity contribution >= 4 is 17.2 Å². The van der Waals surface area contributed by atoms with E-state index in [9.17, 15) is 9.18 Å². The van der Waals surface area contributed by atoms with Crippen molar-refractivity contribution in [3.8, 4) is 11.8 Å². The molecule has 1 amide bonds. The maximum Gasteiger partial charge on any atom is 0.252 e. The van der Waals surface area contributed by atoms with E-state index in [2.05, 4.69) is 17.2 Å². The number of nitrogens with two attached hydrogens (primary N) is 1. The summed E-state index contributed by atoms with van der Waals surface area (Å²) in [4.78, 5) is 12.1. The number of carbonyl (C=O) groups excluding carboxylic acids is 1. The smallest absolute Gasteiger partial charge is 0.252 e. The molecule has 102 valence electrons. The predicted molar refractivity (Wildman–Crippen MR) is 77.8 cm³/mol. The molecule has 3 nitrogen and oxygen atoms in total. The number of rotatable bonds is 3. The van der Waals surface area contributed by atoms with Gasteiger partial charge in [0.15, 0.2) is 0 Å². The maximum absolute atomic E-state index is 13.3. The molecule has 0 unspecified atom stereocenters. The minimum atomic E-state index is -0.469. The van der Waals surface area contributed by atoms with Crippen molar-refractivity contribution in [1.29, 1.82) is 0 Å². The van der Waals surface area contributed by atoms with Crippen molar-refractivity contribution < 1.29 is 9.18 Å². The van der Waals surface area contributed by atoms with Crippen LogP contribution < -0.4 is 11.1 Å². The maximum atomic E-state index is 13.3. The van der Waals surface area contributed by atoms with Crippen LogP contribution in [-0.2, 0) is 6.54 Å². The highest BCUT2D eigenvalue weighted by Crippen LogP contribution is 2.11. The summed E-state index contributed by atoms with van der Waals surface area (Å²) >= 11 is 1.56. The summed E-state index contributed by atoms with van der Waals surface area (Å²) in [5.74, 6) is 4.62. The van der Waals surface area contributed by atoms with Crippen LogP contribution in [0.25, 0.3) is 0 Å². The highest BCUT2D eigenvalue weighted by molar-refractivity contribution is 7.07. The molecule has 0 saturated heterocycles. The summed E-state index contributed by atoms with van der Waals surface area (Å²) in [6, 6.07) is 5.86. The average molecular weight is 288 g/mol. The van der Waals surface area contributed by atoms with Gasteiger partial charge in [-0.05, 0) is 40.6 Å². The molecule has 0 spiro atoms. The third-order valence-corrected chi connectivity index (χ3v) is 3.32. The van der Waals surface area contributed by atoms with Crippen molar-refractivity contribution in [2.75, 3.05) is 6.54 Å². The van der Waals surface area contributed by atoms with E-state index in [1.165, 1.54) is 18.2 Å². The van der Waals surface area contributed by atoms with Crippen molar-refractivity contribution in [2.24, 2.45) is 5.73 Å². The Morgan fingerprint density at radius 3 is 2.95 bits per heavy atom. The van der Waals surface area contributed by atoms with E-state index in [1.807, 2.05) is 16.8 Å². The Hall–Kier alpha value is -2.16. The van der Waals surface area contributed by atoms with Crippen molar-refractivity contribution in [2.45, 2.75) is 6.54 Å². The molecule has 1 heterocycles. The van der Waals surface area contributed by atoms with Gasteiger partial charge in [-0.15, -0.1) is 0 Å². The molecule has 0 bridgehead atoms. The van der Waals surface area contributed by atoms with Gasteiger partial charge in [0.1, 0.15) is 5.82 Å². The number of hydrogen-bond donors (Lipinski definition) is 2. The highest BCUT2D eigenvalue weighted by Gasteiger charge is 2.11. The molecular weight excluding hydrogens is 275 g/mol. The summed E-state index contributed by atoms with van der Waals surface area (Å²) in [5, 5.41) is 6.63. The van der Waals surface area contributed by atoms with Crippen molar-refractivity contribution in [1.82, 2.24) is 5.32 Å². The molecule has 0 aliphatic rings. The van der Waals surface area contributed by atoms with Crippen LogP contribution in [0, 0.1) is 17.7 Å². The molecule has 2 aromatic rings. The van der Waals surface area contributed by atoms with Crippen LogP contribution in [0.5, 0.6) is 0 Å². The monoisotopic (exact) mass is 288 g/mol. The Kier molecular flexibility index (Phi) is 4.88. The van der Waals surface area contributed by atoms with Crippen LogP contribution >= 0.6 is 11.3 Å². The van der Waals surface area contributed by atoms with E-state index >= 15 is 0 Å². The molecule has 0 saturated carbocycles. The third-order valence-electron chi connectivity index (χ3n) is 2.58. The van der Waals surface area contributed by atoms with E-state index in [0.717, 1.165) is 5.56 Å². The fraction of sp³-hybridized carbons (Fsp3) is 0.133. The van der Waals surface area contributed by atoms with Gasteiger partial charge in [0, 0.05) is 12.1 Å². The van der Waals surface area contributed by atoms with E-state index in [0.29, 0.717) is 12.1 Å². The number of thiophene rings is 1. The fourth-order valence-electron chi connectivity index (χ4n) is 1.63. The summed E-state index contributed by atoms with van der Waals surface area (Å²) in [7, 11) is 0. The second-order valence-electron chi connectivity index (χ2n) is 4.01. The first-order valence-electron chi connectivity index (χ1n) is 5.98. The predicted octanol–water partition coefficient (Wildman–Crippen LogP) is 2.13. The number of hydrogen-bond acceptors (Lipinski definition) is 3. The lowest BCUT2D eigenvalue weighted by molar-refractivity contribution is 0.0950. The lowest BCUT2D eigenvalue weighted by Gasteiger charge is -2.06. The van der Waals surface area contributed by atoms with Crippen molar-refractivity contribution in [3.05, 3.63) is 57.5 Å². The van der Waals surface area contributed by atoms with Crippen LogP contribution in [0.3, 0.4) is 0 Å². The Bertz CT molecular complexity index is 656. The first kappa shape index (κ1) is 14.3. The second-order valence-corrected chi connectivity index (χ2v) is 4.79. The van der Waals surface area contributed by atoms with Gasteiger partial charge in [-0.1, -0.05) is 11.8 Å². The number of carbonyl (C=O) groups is 1. The Morgan fingerprint density at radius 2 is 2.25 bits per heavy atom. The van der Waals surface area contributed by atoms with Gasteiger partial charge in [0.05, 0.1) is 12.1 Å². The molecule has 1 aromatic heterocycles. The average Bonchev–Trinajstić information content (AvgIpc) is 2.96. The summed E-state index contributed by atoms with van der Waals surface area (Å²) in [6.07, 6.45) is 0. The number of benzene rings is 1. The lowest BCUT2D eigenvalue weighted by atomic mass is 10.1. The van der Waals surface area contributed by atoms with Gasteiger partial charge < -0.3 is 11.1 Å². The van der Waals surface area contributed by atoms with Gasteiger partial charge in [0.2, 0.25) is 0 Å². The van der Waals surface area contributed by atoms with Crippen LogP contribution in [-0.4, -0.2) is 12.5 Å². The van der Waals surface area contributed by atoms with Gasteiger partial charge in [-0.3, -0.25) is 4.79 Å². The first-order valence-corrected chi connectivity index (χ1v) is 6.92. The normalized spacial score (nSPS) is 9.70. The summed E-state index contributed by atoms with van der Waals surface area (Å²) < 4.78 is 13.3. The van der Waals surface area contributed by atoms with Crippen LogP contribution in [0.15, 0.2) is 35.0 Å². The second kappa shape index (κ2) is 6.85. The molecule has 3 N–H and O–H groups in total. The molecule has 20 heavy (non-hydrogen) atoms. The molecule has 0 aliphatic carbocycles. The van der Waals surface area contributed by atoms with Gasteiger partial charge >= 0.3 is 0 Å². The SMILES string of the molecule is NCC#Cc1ccc(F)cc1C(=O)NCc1ccsc1. The molecule has 0 atom stereocenters. The zero-order valence-electron chi connectivity index (χ0n) is 10.7. The highest BCUT2D eigenvalue weighted by atomic mass is 32.1. The zero-order valence-corrected chi connectivity index (χ0v) is 11.5. The largest absolute Gasteiger partial charge is 0.348 e. The van der Waals surface area contributed by atoms with E-state index < -0.39 is 5.82 Å². The topological polar surface area (TPSA) is 55.1 Å². The van der Waals surface area contributed by atoms with Crippen molar-refractivity contribution in [3.63, 3.8) is 0 Å². The van der Waals surface area contributed by atoms with Gasteiger partial charge in [0.25, 0.3) is 5.91 Å². The van der Waals surface area contributed by atoms with E-state index in [-0.39, 0.29) is 18.0 Å². The fourth-order valence-corrected chi connectivity index (χ4v) is 2.30. The molecule has 1 aromatic carbocycles. The summed E-state index contributed by atoms with van der Waals surface area (Å²) in [5.41, 5.74) is 7.01. The minimum absolute atomic E-state index is 0.188. The zero-order chi connectivity index (χ0) is 14.4. The first-order chi connectivity index (χ1) is 9.70. The Morgan fingerprint density at radius 1 is 1.40 bits per heavy atom. The molecule has 2 rings (SSSR count). The third kappa shape index (κ3) is 3.67. The minimum Gasteiger partial charge on any atom is -0.348 e.